The maximum atomic E-state index is 12.4. The summed E-state index contributed by atoms with van der Waals surface area (Å²) >= 11 is 1.19. The van der Waals surface area contributed by atoms with Gasteiger partial charge in [-0.15, -0.1) is 5.10 Å². The predicted molar refractivity (Wildman–Crippen MR) is 84.0 cm³/mol. The standard InChI is InChI=1S/C14H20N6OS/c1-11-13(22-17-16-11)14(21)20-9-6-18(7-10-20)5-8-19-4-3-15-12(19)2/h3-4H,5-10H2,1-2H3. The highest BCUT2D eigenvalue weighted by Gasteiger charge is 2.24. The molecular formula is C14H20N6OS. The average molecular weight is 320 g/mol. The van der Waals surface area contributed by atoms with E-state index in [0.29, 0.717) is 4.88 Å². The van der Waals surface area contributed by atoms with Crippen LogP contribution in [0.5, 0.6) is 0 Å². The van der Waals surface area contributed by atoms with Crippen LogP contribution in [0.3, 0.4) is 0 Å². The quantitative estimate of drug-likeness (QED) is 0.834. The number of nitrogens with zero attached hydrogens (tertiary/aromatic N) is 6. The summed E-state index contributed by atoms with van der Waals surface area (Å²) in [5, 5.41) is 3.92. The molecular weight excluding hydrogens is 300 g/mol. The number of aromatic nitrogens is 4. The molecule has 8 heteroatoms. The molecule has 3 rings (SSSR count). The Kier molecular flexibility index (Phi) is 4.49. The van der Waals surface area contributed by atoms with Crippen LogP contribution in [-0.2, 0) is 6.54 Å². The number of piperazine rings is 1. The summed E-state index contributed by atoms with van der Waals surface area (Å²) in [7, 11) is 0. The summed E-state index contributed by atoms with van der Waals surface area (Å²) < 4.78 is 6.00. The van der Waals surface area contributed by atoms with Crippen LogP contribution < -0.4 is 0 Å². The minimum absolute atomic E-state index is 0.0672. The first-order chi connectivity index (χ1) is 10.6. The number of hydrogen-bond acceptors (Lipinski definition) is 6. The van der Waals surface area contributed by atoms with E-state index in [-0.39, 0.29) is 5.91 Å². The van der Waals surface area contributed by atoms with E-state index in [0.717, 1.165) is 50.8 Å². The second-order valence-corrected chi connectivity index (χ2v) is 6.24. The summed E-state index contributed by atoms with van der Waals surface area (Å²) in [5.41, 5.74) is 0.730. The summed E-state index contributed by atoms with van der Waals surface area (Å²) in [4.78, 5) is 21.6. The lowest BCUT2D eigenvalue weighted by atomic mass is 10.2. The fraction of sp³-hybridized carbons (Fsp3) is 0.571. The van der Waals surface area contributed by atoms with Crippen molar-refractivity contribution in [3.8, 4) is 0 Å². The summed E-state index contributed by atoms with van der Waals surface area (Å²) in [6.07, 6.45) is 3.84. The highest BCUT2D eigenvalue weighted by atomic mass is 32.1. The van der Waals surface area contributed by atoms with Gasteiger partial charge in [-0.05, 0) is 25.4 Å². The molecule has 2 aromatic rings. The number of amides is 1. The third-order valence-corrected chi connectivity index (χ3v) is 4.90. The molecule has 1 amide bonds. The number of carbonyl (C=O) groups is 1. The largest absolute Gasteiger partial charge is 0.335 e. The van der Waals surface area contributed by atoms with Crippen molar-refractivity contribution in [3.63, 3.8) is 0 Å². The summed E-state index contributed by atoms with van der Waals surface area (Å²) in [5.74, 6) is 1.11. The van der Waals surface area contributed by atoms with Gasteiger partial charge in [0.2, 0.25) is 0 Å². The van der Waals surface area contributed by atoms with Gasteiger partial charge in [0.1, 0.15) is 10.7 Å². The van der Waals surface area contributed by atoms with Gasteiger partial charge in [0.25, 0.3) is 5.91 Å². The molecule has 0 unspecified atom stereocenters. The molecule has 0 spiro atoms. The molecule has 3 heterocycles. The Balaban J connectivity index is 1.49. The van der Waals surface area contributed by atoms with Crippen molar-refractivity contribution in [2.75, 3.05) is 32.7 Å². The Morgan fingerprint density at radius 1 is 1.23 bits per heavy atom. The van der Waals surface area contributed by atoms with Crippen LogP contribution in [0, 0.1) is 13.8 Å². The van der Waals surface area contributed by atoms with Gasteiger partial charge in [-0.2, -0.15) is 0 Å². The van der Waals surface area contributed by atoms with E-state index < -0.39 is 0 Å². The Morgan fingerprint density at radius 3 is 2.59 bits per heavy atom. The summed E-state index contributed by atoms with van der Waals surface area (Å²) in [6, 6.07) is 0. The normalized spacial score (nSPS) is 16.2. The van der Waals surface area contributed by atoms with Gasteiger partial charge in [-0.3, -0.25) is 9.69 Å². The molecule has 0 bridgehead atoms. The first-order valence-corrected chi connectivity index (χ1v) is 8.21. The molecule has 1 aliphatic rings. The van der Waals surface area contributed by atoms with Crippen molar-refractivity contribution < 1.29 is 4.79 Å². The highest BCUT2D eigenvalue weighted by Crippen LogP contribution is 2.14. The van der Waals surface area contributed by atoms with Gasteiger partial charge in [0.15, 0.2) is 0 Å². The first kappa shape index (κ1) is 15.1. The van der Waals surface area contributed by atoms with Crippen molar-refractivity contribution in [1.82, 2.24) is 28.9 Å². The fourth-order valence-corrected chi connectivity index (χ4v) is 3.26. The van der Waals surface area contributed by atoms with Crippen LogP contribution in [0.15, 0.2) is 12.4 Å². The van der Waals surface area contributed by atoms with Crippen molar-refractivity contribution in [3.05, 3.63) is 28.8 Å². The highest BCUT2D eigenvalue weighted by molar-refractivity contribution is 7.07. The topological polar surface area (TPSA) is 67.2 Å². The maximum Gasteiger partial charge on any atom is 0.267 e. The zero-order valence-corrected chi connectivity index (χ0v) is 13.7. The first-order valence-electron chi connectivity index (χ1n) is 7.43. The number of aryl methyl sites for hydroxylation is 2. The van der Waals surface area contributed by atoms with E-state index in [1.165, 1.54) is 11.5 Å². The molecule has 0 aromatic carbocycles. The Morgan fingerprint density at radius 2 is 2.00 bits per heavy atom. The van der Waals surface area contributed by atoms with Crippen molar-refractivity contribution in [2.45, 2.75) is 20.4 Å². The van der Waals surface area contributed by atoms with Gasteiger partial charge < -0.3 is 9.47 Å². The fourth-order valence-electron chi connectivity index (χ4n) is 2.64. The molecule has 0 atom stereocenters. The monoisotopic (exact) mass is 320 g/mol. The van der Waals surface area contributed by atoms with Gasteiger partial charge in [0.05, 0.1) is 5.69 Å². The number of imidazole rings is 1. The molecule has 1 saturated heterocycles. The Bertz CT molecular complexity index is 643. The van der Waals surface area contributed by atoms with E-state index in [1.807, 2.05) is 31.1 Å². The van der Waals surface area contributed by atoms with Gasteiger partial charge >= 0.3 is 0 Å². The second kappa shape index (κ2) is 6.53. The van der Waals surface area contributed by atoms with E-state index >= 15 is 0 Å². The van der Waals surface area contributed by atoms with Crippen molar-refractivity contribution >= 4 is 17.4 Å². The second-order valence-electron chi connectivity index (χ2n) is 5.49. The van der Waals surface area contributed by atoms with Crippen LogP contribution in [-0.4, -0.2) is 67.6 Å². The van der Waals surface area contributed by atoms with Crippen LogP contribution in [0.2, 0.25) is 0 Å². The van der Waals surface area contributed by atoms with Crippen molar-refractivity contribution in [2.24, 2.45) is 0 Å². The van der Waals surface area contributed by atoms with Crippen molar-refractivity contribution in [1.29, 1.82) is 0 Å². The molecule has 0 aliphatic carbocycles. The van der Waals surface area contributed by atoms with Gasteiger partial charge in [0, 0.05) is 51.7 Å². The van der Waals surface area contributed by atoms with Crippen LogP contribution in [0.1, 0.15) is 21.2 Å². The third-order valence-electron chi connectivity index (χ3n) is 4.09. The minimum Gasteiger partial charge on any atom is -0.335 e. The molecule has 2 aromatic heterocycles. The van der Waals surface area contributed by atoms with Crippen LogP contribution >= 0.6 is 11.5 Å². The maximum absolute atomic E-state index is 12.4. The number of rotatable bonds is 4. The van der Waals surface area contributed by atoms with Gasteiger partial charge in [-0.1, -0.05) is 4.49 Å². The van der Waals surface area contributed by atoms with Crippen LogP contribution in [0.25, 0.3) is 0 Å². The minimum atomic E-state index is 0.0672. The molecule has 1 aliphatic heterocycles. The molecule has 0 radical (unpaired) electrons. The molecule has 0 N–H and O–H groups in total. The molecule has 118 valence electrons. The molecule has 7 nitrogen and oxygen atoms in total. The number of carbonyl (C=O) groups excluding carboxylic acids is 1. The predicted octanol–water partition coefficient (Wildman–Crippen LogP) is 0.809. The average Bonchev–Trinajstić information content (AvgIpc) is 3.13. The Hall–Kier alpha value is -1.80. The lowest BCUT2D eigenvalue weighted by molar-refractivity contribution is 0.0637. The smallest absolute Gasteiger partial charge is 0.267 e. The summed E-state index contributed by atoms with van der Waals surface area (Å²) in [6.45, 7) is 9.12. The SMILES string of the molecule is Cc1nnsc1C(=O)N1CCN(CCn2ccnc2C)CC1. The van der Waals surface area contributed by atoms with Gasteiger partial charge in [-0.25, -0.2) is 4.98 Å². The number of hydrogen-bond donors (Lipinski definition) is 0. The molecule has 0 saturated carbocycles. The van der Waals surface area contributed by atoms with Crippen LogP contribution in [0.4, 0.5) is 0 Å². The molecule has 1 fully saturated rings. The van der Waals surface area contributed by atoms with E-state index in [9.17, 15) is 4.79 Å². The third kappa shape index (κ3) is 3.17. The van der Waals surface area contributed by atoms with E-state index in [4.69, 9.17) is 0 Å². The lowest BCUT2D eigenvalue weighted by Gasteiger charge is -2.34. The molecule has 22 heavy (non-hydrogen) atoms. The zero-order valence-electron chi connectivity index (χ0n) is 12.9. The van der Waals surface area contributed by atoms with E-state index in [1.54, 1.807) is 0 Å². The lowest BCUT2D eigenvalue weighted by Crippen LogP contribution is -2.49. The zero-order chi connectivity index (χ0) is 15.5. The van der Waals surface area contributed by atoms with E-state index in [2.05, 4.69) is 24.0 Å². The Labute approximate surface area is 133 Å².